The van der Waals surface area contributed by atoms with Gasteiger partial charge in [-0.3, -0.25) is 0 Å². The van der Waals surface area contributed by atoms with Crippen molar-refractivity contribution in [2.45, 2.75) is 58.2 Å². The van der Waals surface area contributed by atoms with Gasteiger partial charge >= 0.3 is 0 Å². The molecule has 0 aromatic carbocycles. The molecule has 0 aromatic heterocycles. The van der Waals surface area contributed by atoms with E-state index in [0.29, 0.717) is 12.3 Å². The summed E-state index contributed by atoms with van der Waals surface area (Å²) in [6.45, 7) is 6.60. The highest BCUT2D eigenvalue weighted by Gasteiger charge is 2.39. The van der Waals surface area contributed by atoms with Gasteiger partial charge in [-0.25, -0.2) is 0 Å². The second-order valence-electron chi connectivity index (χ2n) is 4.26. The molecule has 0 aliphatic carbocycles. The standard InChI is InChI=1S/C11H19NO/c1-4-9(2)11(3)7-5-10(13-11)6-8-12/h9-10H,4-7H2,1-3H3. The number of hydrogen-bond acceptors (Lipinski definition) is 2. The van der Waals surface area contributed by atoms with Crippen LogP contribution >= 0.6 is 0 Å². The molecule has 0 saturated carbocycles. The Hall–Kier alpha value is -0.550. The Morgan fingerprint density at radius 3 is 2.92 bits per heavy atom. The molecule has 0 N–H and O–H groups in total. The largest absolute Gasteiger partial charge is 0.371 e. The molecule has 0 spiro atoms. The molecule has 0 aromatic rings. The van der Waals surface area contributed by atoms with E-state index in [1.54, 1.807) is 0 Å². The third kappa shape index (κ3) is 2.22. The Balaban J connectivity index is 2.51. The van der Waals surface area contributed by atoms with Crippen LogP contribution < -0.4 is 0 Å². The van der Waals surface area contributed by atoms with E-state index in [1.807, 2.05) is 0 Å². The second kappa shape index (κ2) is 4.11. The van der Waals surface area contributed by atoms with Crippen molar-refractivity contribution in [2.75, 3.05) is 0 Å². The normalized spacial score (nSPS) is 35.7. The van der Waals surface area contributed by atoms with Gasteiger partial charge in [0.2, 0.25) is 0 Å². The van der Waals surface area contributed by atoms with Crippen molar-refractivity contribution in [3.8, 4) is 6.07 Å². The summed E-state index contributed by atoms with van der Waals surface area (Å²) in [4.78, 5) is 0. The third-order valence-corrected chi connectivity index (χ3v) is 3.37. The first-order valence-electron chi connectivity index (χ1n) is 5.17. The summed E-state index contributed by atoms with van der Waals surface area (Å²) in [6.07, 6.45) is 4.04. The van der Waals surface area contributed by atoms with Crippen LogP contribution in [-0.2, 0) is 4.74 Å². The molecule has 1 fully saturated rings. The molecule has 74 valence electrons. The Morgan fingerprint density at radius 2 is 2.38 bits per heavy atom. The minimum atomic E-state index is 0.0241. The van der Waals surface area contributed by atoms with Crippen molar-refractivity contribution < 1.29 is 4.74 Å². The summed E-state index contributed by atoms with van der Waals surface area (Å²) in [7, 11) is 0. The van der Waals surface area contributed by atoms with Crippen LogP contribution in [0, 0.1) is 17.2 Å². The van der Waals surface area contributed by atoms with Crippen LogP contribution in [0.1, 0.15) is 46.5 Å². The monoisotopic (exact) mass is 181 g/mol. The molecule has 2 heteroatoms. The average molecular weight is 181 g/mol. The zero-order chi connectivity index (χ0) is 9.90. The SMILES string of the molecule is CCC(C)C1(C)CCC(CC#N)O1. The molecule has 1 saturated heterocycles. The first-order chi connectivity index (χ1) is 6.12. The molecule has 1 heterocycles. The fourth-order valence-corrected chi connectivity index (χ4v) is 1.99. The van der Waals surface area contributed by atoms with Gasteiger partial charge in [-0.05, 0) is 25.7 Å². The maximum atomic E-state index is 8.56. The van der Waals surface area contributed by atoms with E-state index in [2.05, 4.69) is 26.8 Å². The van der Waals surface area contributed by atoms with Crippen LogP contribution in [0.3, 0.4) is 0 Å². The van der Waals surface area contributed by atoms with Crippen LogP contribution in [0.4, 0.5) is 0 Å². The van der Waals surface area contributed by atoms with Crippen molar-refractivity contribution in [1.82, 2.24) is 0 Å². The van der Waals surface area contributed by atoms with Crippen LogP contribution in [0.15, 0.2) is 0 Å². The fourth-order valence-electron chi connectivity index (χ4n) is 1.99. The summed E-state index contributed by atoms with van der Waals surface area (Å²) in [5, 5.41) is 8.56. The zero-order valence-corrected chi connectivity index (χ0v) is 8.84. The predicted octanol–water partition coefficient (Wildman–Crippen LogP) is 2.88. The van der Waals surface area contributed by atoms with Gasteiger partial charge in [-0.1, -0.05) is 20.3 Å². The van der Waals surface area contributed by atoms with Crippen molar-refractivity contribution in [3.63, 3.8) is 0 Å². The van der Waals surface area contributed by atoms with E-state index in [-0.39, 0.29) is 11.7 Å². The summed E-state index contributed by atoms with van der Waals surface area (Å²) in [6, 6.07) is 2.18. The van der Waals surface area contributed by atoms with E-state index >= 15 is 0 Å². The average Bonchev–Trinajstić information content (AvgIpc) is 2.48. The topological polar surface area (TPSA) is 33.0 Å². The van der Waals surface area contributed by atoms with Gasteiger partial charge in [0.1, 0.15) is 0 Å². The Kier molecular flexibility index (Phi) is 3.33. The Morgan fingerprint density at radius 1 is 1.69 bits per heavy atom. The summed E-state index contributed by atoms with van der Waals surface area (Å²) in [5.74, 6) is 0.594. The molecular formula is C11H19NO. The second-order valence-corrected chi connectivity index (χ2v) is 4.26. The highest BCUT2D eigenvalue weighted by molar-refractivity contribution is 4.91. The molecule has 0 radical (unpaired) electrons. The highest BCUT2D eigenvalue weighted by Crippen LogP contribution is 2.38. The number of hydrogen-bond donors (Lipinski definition) is 0. The van der Waals surface area contributed by atoms with E-state index in [0.717, 1.165) is 19.3 Å². The molecule has 13 heavy (non-hydrogen) atoms. The summed E-state index contributed by atoms with van der Waals surface area (Å²) < 4.78 is 5.92. The number of ether oxygens (including phenoxy) is 1. The van der Waals surface area contributed by atoms with E-state index in [9.17, 15) is 0 Å². The van der Waals surface area contributed by atoms with Crippen LogP contribution in [0.25, 0.3) is 0 Å². The van der Waals surface area contributed by atoms with Gasteiger partial charge in [-0.15, -0.1) is 0 Å². The lowest BCUT2D eigenvalue weighted by Gasteiger charge is -2.30. The first kappa shape index (κ1) is 10.5. The molecular weight excluding hydrogens is 162 g/mol. The first-order valence-corrected chi connectivity index (χ1v) is 5.17. The highest BCUT2D eigenvalue weighted by atomic mass is 16.5. The molecule has 0 bridgehead atoms. The van der Waals surface area contributed by atoms with Gasteiger partial charge in [0.05, 0.1) is 24.2 Å². The van der Waals surface area contributed by atoms with Gasteiger partial charge in [0.15, 0.2) is 0 Å². The van der Waals surface area contributed by atoms with Crippen molar-refractivity contribution in [1.29, 1.82) is 5.26 Å². The number of rotatable bonds is 3. The molecule has 3 unspecified atom stereocenters. The predicted molar refractivity (Wildman–Crippen MR) is 52.2 cm³/mol. The minimum Gasteiger partial charge on any atom is -0.371 e. The lowest BCUT2D eigenvalue weighted by molar-refractivity contribution is -0.0616. The molecule has 1 rings (SSSR count). The third-order valence-electron chi connectivity index (χ3n) is 3.37. The summed E-state index contributed by atoms with van der Waals surface area (Å²) >= 11 is 0. The quantitative estimate of drug-likeness (QED) is 0.670. The molecule has 3 atom stereocenters. The maximum Gasteiger partial charge on any atom is 0.0713 e. The van der Waals surface area contributed by atoms with Crippen molar-refractivity contribution >= 4 is 0 Å². The number of nitriles is 1. The van der Waals surface area contributed by atoms with E-state index < -0.39 is 0 Å². The zero-order valence-electron chi connectivity index (χ0n) is 8.84. The lowest BCUT2D eigenvalue weighted by atomic mass is 9.86. The lowest BCUT2D eigenvalue weighted by Crippen LogP contribution is -2.32. The van der Waals surface area contributed by atoms with E-state index in [1.165, 1.54) is 0 Å². The van der Waals surface area contributed by atoms with Gasteiger partial charge in [0, 0.05) is 0 Å². The maximum absolute atomic E-state index is 8.56. The van der Waals surface area contributed by atoms with Crippen molar-refractivity contribution in [2.24, 2.45) is 5.92 Å². The molecule has 1 aliphatic rings. The Labute approximate surface area is 80.9 Å². The Bertz CT molecular complexity index is 209. The van der Waals surface area contributed by atoms with Crippen LogP contribution in [0.5, 0.6) is 0 Å². The minimum absolute atomic E-state index is 0.0241. The van der Waals surface area contributed by atoms with E-state index in [4.69, 9.17) is 10.00 Å². The van der Waals surface area contributed by atoms with Crippen LogP contribution in [0.2, 0.25) is 0 Å². The summed E-state index contributed by atoms with van der Waals surface area (Å²) in [5.41, 5.74) is 0.0241. The molecule has 2 nitrogen and oxygen atoms in total. The smallest absolute Gasteiger partial charge is 0.0713 e. The molecule has 0 amide bonds. The van der Waals surface area contributed by atoms with Gasteiger partial charge < -0.3 is 4.74 Å². The van der Waals surface area contributed by atoms with Crippen molar-refractivity contribution in [3.05, 3.63) is 0 Å². The molecule has 1 aliphatic heterocycles. The van der Waals surface area contributed by atoms with Crippen LogP contribution in [-0.4, -0.2) is 11.7 Å². The van der Waals surface area contributed by atoms with Gasteiger partial charge in [-0.2, -0.15) is 5.26 Å². The van der Waals surface area contributed by atoms with Gasteiger partial charge in [0.25, 0.3) is 0 Å². The number of nitrogens with zero attached hydrogens (tertiary/aromatic N) is 1. The fraction of sp³-hybridized carbons (Fsp3) is 0.909.